The molecule has 1 saturated carbocycles. The van der Waals surface area contributed by atoms with E-state index in [0.29, 0.717) is 0 Å². The summed E-state index contributed by atoms with van der Waals surface area (Å²) < 4.78 is 5.28. The van der Waals surface area contributed by atoms with E-state index < -0.39 is 17.4 Å². The smallest absolute Gasteiger partial charge is 0.302 e. The van der Waals surface area contributed by atoms with Gasteiger partial charge in [0.15, 0.2) is 0 Å². The van der Waals surface area contributed by atoms with Crippen molar-refractivity contribution in [2.24, 2.45) is 10.8 Å². The molecule has 0 aromatic carbocycles. The standard InChI is InChI=1S/C12H22O4.2C2H4O2/c1-9(15)16-10-5-4-6-11(2,7-13)12(10,3)8-14;2*1-2(3)4/h10,13-14H,4-8H2,1-3H3;2*1H3,(H,3,4). The fraction of sp³-hybridized carbons (Fsp3) is 0.812. The maximum atomic E-state index is 11.0. The van der Waals surface area contributed by atoms with Crippen LogP contribution in [0.4, 0.5) is 0 Å². The molecule has 8 nitrogen and oxygen atoms in total. The molecule has 1 fully saturated rings. The van der Waals surface area contributed by atoms with E-state index in [2.05, 4.69) is 0 Å². The number of rotatable bonds is 3. The van der Waals surface area contributed by atoms with E-state index in [9.17, 15) is 15.0 Å². The van der Waals surface area contributed by atoms with Crippen LogP contribution in [0.5, 0.6) is 0 Å². The monoisotopic (exact) mass is 350 g/mol. The number of carboxylic acid groups (broad SMARTS) is 2. The first-order valence-corrected chi connectivity index (χ1v) is 7.64. The summed E-state index contributed by atoms with van der Waals surface area (Å²) in [5, 5.41) is 33.9. The molecule has 4 N–H and O–H groups in total. The highest BCUT2D eigenvalue weighted by Crippen LogP contribution is 2.51. The lowest BCUT2D eigenvalue weighted by Gasteiger charge is -2.52. The Hall–Kier alpha value is -1.67. The van der Waals surface area contributed by atoms with Gasteiger partial charge in [0, 0.05) is 38.2 Å². The Balaban J connectivity index is 0. The topological polar surface area (TPSA) is 141 Å². The van der Waals surface area contributed by atoms with Crippen LogP contribution in [0, 0.1) is 10.8 Å². The van der Waals surface area contributed by atoms with Crippen LogP contribution >= 0.6 is 0 Å². The van der Waals surface area contributed by atoms with Gasteiger partial charge in [-0.3, -0.25) is 14.4 Å². The quantitative estimate of drug-likeness (QED) is 0.558. The van der Waals surface area contributed by atoms with Crippen LogP contribution in [0.15, 0.2) is 0 Å². The number of aliphatic hydroxyl groups is 2. The van der Waals surface area contributed by atoms with Crippen molar-refractivity contribution in [2.75, 3.05) is 13.2 Å². The molecule has 1 aliphatic rings. The first-order valence-electron chi connectivity index (χ1n) is 7.64. The summed E-state index contributed by atoms with van der Waals surface area (Å²) in [5.41, 5.74) is -0.953. The van der Waals surface area contributed by atoms with E-state index in [0.717, 1.165) is 33.1 Å². The second kappa shape index (κ2) is 11.0. The fourth-order valence-corrected chi connectivity index (χ4v) is 2.61. The number of aliphatic hydroxyl groups excluding tert-OH is 2. The highest BCUT2D eigenvalue weighted by molar-refractivity contribution is 5.66. The third-order valence-electron chi connectivity index (χ3n) is 4.27. The average molecular weight is 350 g/mol. The summed E-state index contributed by atoms with van der Waals surface area (Å²) >= 11 is 0. The Bertz CT molecular complexity index is 402. The van der Waals surface area contributed by atoms with E-state index in [1.807, 2.05) is 13.8 Å². The minimum Gasteiger partial charge on any atom is -0.481 e. The van der Waals surface area contributed by atoms with Gasteiger partial charge in [0.1, 0.15) is 6.10 Å². The van der Waals surface area contributed by atoms with Crippen molar-refractivity contribution >= 4 is 17.9 Å². The van der Waals surface area contributed by atoms with E-state index >= 15 is 0 Å². The van der Waals surface area contributed by atoms with E-state index in [-0.39, 0.29) is 30.7 Å². The molecule has 0 radical (unpaired) electrons. The number of carbonyl (C=O) groups excluding carboxylic acids is 1. The van der Waals surface area contributed by atoms with Crippen molar-refractivity contribution in [3.05, 3.63) is 0 Å². The van der Waals surface area contributed by atoms with Crippen molar-refractivity contribution in [1.82, 2.24) is 0 Å². The van der Waals surface area contributed by atoms with Crippen molar-refractivity contribution in [1.29, 1.82) is 0 Å². The molecule has 0 saturated heterocycles. The molecular weight excluding hydrogens is 320 g/mol. The highest BCUT2D eigenvalue weighted by Gasteiger charge is 2.52. The van der Waals surface area contributed by atoms with Crippen molar-refractivity contribution in [2.45, 2.75) is 60.0 Å². The number of carboxylic acids is 2. The molecule has 0 aromatic rings. The van der Waals surface area contributed by atoms with Gasteiger partial charge in [0.05, 0.1) is 6.61 Å². The minimum atomic E-state index is -0.833. The summed E-state index contributed by atoms with van der Waals surface area (Å²) in [5.74, 6) is -1.99. The molecule has 3 unspecified atom stereocenters. The van der Waals surface area contributed by atoms with Gasteiger partial charge in [-0.2, -0.15) is 0 Å². The van der Waals surface area contributed by atoms with Crippen LogP contribution in [0.1, 0.15) is 53.9 Å². The molecular formula is C16H30O8. The summed E-state index contributed by atoms with van der Waals surface area (Å²) in [6.07, 6.45) is 2.20. The summed E-state index contributed by atoms with van der Waals surface area (Å²) in [4.78, 5) is 29.0. The van der Waals surface area contributed by atoms with Crippen LogP contribution in [0.25, 0.3) is 0 Å². The predicted octanol–water partition coefficient (Wildman–Crippen LogP) is 1.28. The van der Waals surface area contributed by atoms with Gasteiger partial charge < -0.3 is 25.2 Å². The number of esters is 1. The van der Waals surface area contributed by atoms with Crippen molar-refractivity contribution < 1.29 is 39.5 Å². The minimum absolute atomic E-state index is 0.00181. The Morgan fingerprint density at radius 3 is 1.71 bits per heavy atom. The highest BCUT2D eigenvalue weighted by atomic mass is 16.5. The Kier molecular flexibility index (Phi) is 11.3. The molecule has 1 rings (SSSR count). The first-order chi connectivity index (χ1) is 10.9. The second-order valence-corrected chi connectivity index (χ2v) is 6.32. The molecule has 0 heterocycles. The Labute approximate surface area is 142 Å². The molecule has 24 heavy (non-hydrogen) atoms. The second-order valence-electron chi connectivity index (χ2n) is 6.32. The van der Waals surface area contributed by atoms with E-state index in [1.165, 1.54) is 6.92 Å². The van der Waals surface area contributed by atoms with E-state index in [4.69, 9.17) is 24.5 Å². The summed E-state index contributed by atoms with van der Waals surface area (Å²) in [7, 11) is 0. The summed E-state index contributed by atoms with van der Waals surface area (Å²) in [6.45, 7) is 7.29. The average Bonchev–Trinajstić information content (AvgIpc) is 2.42. The van der Waals surface area contributed by atoms with Gasteiger partial charge in [-0.05, 0) is 19.3 Å². The van der Waals surface area contributed by atoms with Crippen LogP contribution in [0.3, 0.4) is 0 Å². The maximum absolute atomic E-state index is 11.0. The third kappa shape index (κ3) is 8.26. The van der Waals surface area contributed by atoms with Gasteiger partial charge in [-0.1, -0.05) is 13.8 Å². The molecule has 0 bridgehead atoms. The van der Waals surface area contributed by atoms with Crippen molar-refractivity contribution in [3.8, 4) is 0 Å². The number of aliphatic carboxylic acids is 2. The lowest BCUT2D eigenvalue weighted by atomic mass is 9.57. The zero-order chi connectivity index (χ0) is 19.6. The number of ether oxygens (including phenoxy) is 1. The predicted molar refractivity (Wildman–Crippen MR) is 86.4 cm³/mol. The SMILES string of the molecule is CC(=O)O.CC(=O)O.CC(=O)OC1CCCC(C)(CO)C1(C)CO. The van der Waals surface area contributed by atoms with Gasteiger partial charge >= 0.3 is 5.97 Å². The third-order valence-corrected chi connectivity index (χ3v) is 4.27. The molecule has 0 amide bonds. The van der Waals surface area contributed by atoms with Crippen LogP contribution in [-0.2, 0) is 19.1 Å². The Morgan fingerprint density at radius 1 is 1.00 bits per heavy atom. The molecule has 8 heteroatoms. The zero-order valence-corrected chi connectivity index (χ0v) is 15.0. The zero-order valence-electron chi connectivity index (χ0n) is 15.0. The van der Waals surface area contributed by atoms with Gasteiger partial charge in [-0.25, -0.2) is 0 Å². The normalized spacial score (nSPS) is 28.4. The number of hydrogen-bond acceptors (Lipinski definition) is 6. The maximum Gasteiger partial charge on any atom is 0.302 e. The van der Waals surface area contributed by atoms with E-state index in [1.54, 1.807) is 0 Å². The lowest BCUT2D eigenvalue weighted by Crippen LogP contribution is -2.55. The lowest BCUT2D eigenvalue weighted by molar-refractivity contribution is -0.180. The summed E-state index contributed by atoms with van der Waals surface area (Å²) in [6, 6.07) is 0. The molecule has 0 aliphatic heterocycles. The van der Waals surface area contributed by atoms with Crippen LogP contribution in [0.2, 0.25) is 0 Å². The molecule has 142 valence electrons. The Morgan fingerprint density at radius 2 is 1.42 bits per heavy atom. The largest absolute Gasteiger partial charge is 0.481 e. The number of hydrogen-bond donors (Lipinski definition) is 4. The first kappa shape index (κ1) is 24.6. The van der Waals surface area contributed by atoms with Gasteiger partial charge in [0.2, 0.25) is 0 Å². The van der Waals surface area contributed by atoms with Gasteiger partial charge in [-0.15, -0.1) is 0 Å². The van der Waals surface area contributed by atoms with Crippen molar-refractivity contribution in [3.63, 3.8) is 0 Å². The van der Waals surface area contributed by atoms with Crippen LogP contribution in [-0.4, -0.2) is 57.7 Å². The number of carbonyl (C=O) groups is 3. The molecule has 1 aliphatic carbocycles. The van der Waals surface area contributed by atoms with Gasteiger partial charge in [0.25, 0.3) is 11.9 Å². The molecule has 0 spiro atoms. The fourth-order valence-electron chi connectivity index (χ4n) is 2.61. The van der Waals surface area contributed by atoms with Crippen LogP contribution < -0.4 is 0 Å². The molecule has 3 atom stereocenters. The molecule has 0 aromatic heterocycles.